The molecule has 126 valence electrons. The molecule has 0 aliphatic carbocycles. The second-order valence-corrected chi connectivity index (χ2v) is 7.81. The van der Waals surface area contributed by atoms with Gasteiger partial charge in [0.15, 0.2) is 0 Å². The molecule has 24 heavy (non-hydrogen) atoms. The Bertz CT molecular complexity index is 688. The number of likely N-dealkylation sites (tertiary alicyclic amines) is 2. The molecule has 5 heteroatoms. The van der Waals surface area contributed by atoms with E-state index in [2.05, 4.69) is 26.9 Å². The minimum atomic E-state index is -0.281. The molecule has 0 bridgehead atoms. The van der Waals surface area contributed by atoms with Crippen LogP contribution in [0.5, 0.6) is 0 Å². The lowest BCUT2D eigenvalue weighted by Gasteiger charge is -2.44. The molecule has 0 N–H and O–H groups in total. The molecule has 1 aromatic carbocycles. The van der Waals surface area contributed by atoms with Gasteiger partial charge in [0.2, 0.25) is 5.91 Å². The molecule has 1 unspecified atom stereocenters. The van der Waals surface area contributed by atoms with Crippen LogP contribution in [0.4, 0.5) is 0 Å². The number of hydrogen-bond donors (Lipinski definition) is 0. The fourth-order valence-electron chi connectivity index (χ4n) is 4.22. The Morgan fingerprint density at radius 2 is 1.88 bits per heavy atom. The van der Waals surface area contributed by atoms with Crippen molar-refractivity contribution >= 4 is 17.2 Å². The molecule has 3 heterocycles. The van der Waals surface area contributed by atoms with Gasteiger partial charge in [0.25, 0.3) is 0 Å². The predicted octanol–water partition coefficient (Wildman–Crippen LogP) is 3.30. The van der Waals surface area contributed by atoms with Gasteiger partial charge in [-0.15, -0.1) is 11.3 Å². The molecule has 1 atom stereocenters. The van der Waals surface area contributed by atoms with Gasteiger partial charge in [-0.05, 0) is 37.8 Å². The van der Waals surface area contributed by atoms with E-state index in [0.717, 1.165) is 51.9 Å². The van der Waals surface area contributed by atoms with Crippen molar-refractivity contribution in [2.45, 2.75) is 44.3 Å². The molecule has 2 fully saturated rings. The minimum absolute atomic E-state index is 0.281. The summed E-state index contributed by atoms with van der Waals surface area (Å²) in [6.07, 6.45) is 6.14. The van der Waals surface area contributed by atoms with Gasteiger partial charge in [-0.25, -0.2) is 0 Å². The van der Waals surface area contributed by atoms with Crippen LogP contribution in [0.3, 0.4) is 0 Å². The normalized spacial score (nSPS) is 24.8. The van der Waals surface area contributed by atoms with Crippen LogP contribution in [0.25, 0.3) is 0 Å². The first kappa shape index (κ1) is 15.8. The fraction of sp³-hybridized carbons (Fsp3) is 0.474. The number of piperidine rings is 1. The van der Waals surface area contributed by atoms with Crippen molar-refractivity contribution in [3.63, 3.8) is 0 Å². The highest BCUT2D eigenvalue weighted by molar-refractivity contribution is 7.09. The van der Waals surface area contributed by atoms with Gasteiger partial charge in [0.1, 0.15) is 5.54 Å². The first-order valence-electron chi connectivity index (χ1n) is 8.74. The second kappa shape index (κ2) is 6.65. The van der Waals surface area contributed by atoms with E-state index in [1.807, 2.05) is 29.9 Å². The maximum atomic E-state index is 13.4. The fourth-order valence-corrected chi connectivity index (χ4v) is 4.83. The van der Waals surface area contributed by atoms with E-state index in [1.54, 1.807) is 11.3 Å². The number of carbonyl (C=O) groups excluding carboxylic acids is 1. The van der Waals surface area contributed by atoms with E-state index in [1.165, 1.54) is 10.4 Å². The molecule has 2 aliphatic heterocycles. The van der Waals surface area contributed by atoms with Gasteiger partial charge < -0.3 is 4.90 Å². The van der Waals surface area contributed by atoms with Crippen molar-refractivity contribution in [3.05, 3.63) is 52.5 Å². The summed E-state index contributed by atoms with van der Waals surface area (Å²) in [4.78, 5) is 23.3. The molecule has 1 aromatic heterocycles. The van der Waals surface area contributed by atoms with Crippen molar-refractivity contribution in [1.29, 1.82) is 0 Å². The smallest absolute Gasteiger partial charge is 0.243 e. The number of amides is 1. The molecule has 2 aromatic rings. The lowest BCUT2D eigenvalue weighted by atomic mass is 9.85. The predicted molar refractivity (Wildman–Crippen MR) is 95.6 cm³/mol. The molecule has 1 amide bonds. The van der Waals surface area contributed by atoms with E-state index in [-0.39, 0.29) is 5.54 Å². The van der Waals surface area contributed by atoms with Gasteiger partial charge in [0, 0.05) is 30.7 Å². The van der Waals surface area contributed by atoms with Crippen molar-refractivity contribution < 1.29 is 4.79 Å². The van der Waals surface area contributed by atoms with Crippen molar-refractivity contribution in [1.82, 2.24) is 14.8 Å². The van der Waals surface area contributed by atoms with Gasteiger partial charge in [-0.1, -0.05) is 30.3 Å². The van der Waals surface area contributed by atoms with Crippen LogP contribution < -0.4 is 0 Å². The summed E-state index contributed by atoms with van der Waals surface area (Å²) in [5, 5.41) is 0. The SMILES string of the molecule is O=C1N(Cc2ccccc2)CCCC12CCCN2Cc1cncs1. The van der Waals surface area contributed by atoms with Crippen LogP contribution >= 0.6 is 11.3 Å². The highest BCUT2D eigenvalue weighted by Crippen LogP contribution is 2.39. The number of rotatable bonds is 4. The van der Waals surface area contributed by atoms with E-state index in [0.29, 0.717) is 5.91 Å². The lowest BCUT2D eigenvalue weighted by Crippen LogP contribution is -2.59. The average Bonchev–Trinajstić information content (AvgIpc) is 3.25. The summed E-state index contributed by atoms with van der Waals surface area (Å²) in [7, 11) is 0. The molecule has 2 saturated heterocycles. The topological polar surface area (TPSA) is 36.4 Å². The monoisotopic (exact) mass is 341 g/mol. The molecule has 4 nitrogen and oxygen atoms in total. The van der Waals surface area contributed by atoms with Crippen LogP contribution in [0.1, 0.15) is 36.1 Å². The Balaban J connectivity index is 1.54. The molecule has 2 aliphatic rings. The van der Waals surface area contributed by atoms with Crippen LogP contribution in [0.15, 0.2) is 42.0 Å². The van der Waals surface area contributed by atoms with Crippen molar-refractivity contribution in [2.75, 3.05) is 13.1 Å². The maximum Gasteiger partial charge on any atom is 0.243 e. The highest BCUT2D eigenvalue weighted by atomic mass is 32.1. The molecular formula is C19H23N3OS. The Morgan fingerprint density at radius 3 is 2.62 bits per heavy atom. The van der Waals surface area contributed by atoms with Gasteiger partial charge in [0.05, 0.1) is 5.51 Å². The number of benzene rings is 1. The standard InChI is InChI=1S/C19H23N3OS/c23-18-19(9-5-11-22(19)14-17-12-20-15-24-17)8-4-10-21(18)13-16-6-2-1-3-7-16/h1-3,6-7,12,15H,4-5,8-11,13-14H2. The van der Waals surface area contributed by atoms with Crippen molar-refractivity contribution in [2.24, 2.45) is 0 Å². The Labute approximate surface area is 147 Å². The quantitative estimate of drug-likeness (QED) is 0.856. The first-order valence-corrected chi connectivity index (χ1v) is 9.62. The third-order valence-corrected chi connectivity index (χ3v) is 6.14. The summed E-state index contributed by atoms with van der Waals surface area (Å²) in [6.45, 7) is 3.48. The van der Waals surface area contributed by atoms with Crippen LogP contribution in [0.2, 0.25) is 0 Å². The maximum absolute atomic E-state index is 13.4. The summed E-state index contributed by atoms with van der Waals surface area (Å²) in [5.74, 6) is 0.333. The molecular weight excluding hydrogens is 318 g/mol. The van der Waals surface area contributed by atoms with E-state index in [4.69, 9.17) is 0 Å². The Kier molecular flexibility index (Phi) is 4.37. The van der Waals surface area contributed by atoms with Crippen molar-refractivity contribution in [3.8, 4) is 0 Å². The summed E-state index contributed by atoms with van der Waals surface area (Å²) in [6, 6.07) is 10.3. The van der Waals surface area contributed by atoms with E-state index in [9.17, 15) is 4.79 Å². The highest BCUT2D eigenvalue weighted by Gasteiger charge is 2.50. The molecule has 0 radical (unpaired) electrons. The van der Waals surface area contributed by atoms with E-state index >= 15 is 0 Å². The zero-order valence-electron chi connectivity index (χ0n) is 13.9. The number of nitrogens with zero attached hydrogens (tertiary/aromatic N) is 3. The van der Waals surface area contributed by atoms with Gasteiger partial charge >= 0.3 is 0 Å². The molecule has 1 spiro atoms. The van der Waals surface area contributed by atoms with Crippen LogP contribution in [-0.4, -0.2) is 39.3 Å². The third kappa shape index (κ3) is 2.87. The summed E-state index contributed by atoms with van der Waals surface area (Å²) in [5.41, 5.74) is 2.81. The van der Waals surface area contributed by atoms with Crippen LogP contribution in [-0.2, 0) is 17.9 Å². The zero-order chi connectivity index (χ0) is 16.4. The molecule has 0 saturated carbocycles. The number of carbonyl (C=O) groups is 1. The average molecular weight is 341 g/mol. The Morgan fingerprint density at radius 1 is 1.08 bits per heavy atom. The summed E-state index contributed by atoms with van der Waals surface area (Å²) < 4.78 is 0. The van der Waals surface area contributed by atoms with Crippen LogP contribution in [0, 0.1) is 0 Å². The third-order valence-electron chi connectivity index (χ3n) is 5.37. The van der Waals surface area contributed by atoms with Gasteiger partial charge in [-0.3, -0.25) is 14.7 Å². The number of aromatic nitrogens is 1. The number of thiazole rings is 1. The lowest BCUT2D eigenvalue weighted by molar-refractivity contribution is -0.148. The Hall–Kier alpha value is -1.72. The second-order valence-electron chi connectivity index (χ2n) is 6.84. The van der Waals surface area contributed by atoms with E-state index < -0.39 is 0 Å². The van der Waals surface area contributed by atoms with Gasteiger partial charge in [-0.2, -0.15) is 0 Å². The first-order chi connectivity index (χ1) is 11.8. The minimum Gasteiger partial charge on any atom is -0.337 e. The zero-order valence-corrected chi connectivity index (χ0v) is 14.7. The summed E-state index contributed by atoms with van der Waals surface area (Å²) >= 11 is 1.68. The number of hydrogen-bond acceptors (Lipinski definition) is 4. The molecule has 4 rings (SSSR count). The largest absolute Gasteiger partial charge is 0.337 e.